The van der Waals surface area contributed by atoms with Gasteiger partial charge in [0.15, 0.2) is 10.9 Å². The van der Waals surface area contributed by atoms with E-state index in [1.165, 1.54) is 18.1 Å². The number of nitrogens with zero attached hydrogens (tertiary/aromatic N) is 2. The number of benzene rings is 1. The predicted molar refractivity (Wildman–Crippen MR) is 153 cm³/mol. The van der Waals surface area contributed by atoms with Crippen LogP contribution < -0.4 is 4.74 Å². The minimum atomic E-state index is -0.882. The molecule has 1 aromatic heterocycles. The lowest BCUT2D eigenvalue weighted by atomic mass is 9.32. The van der Waals surface area contributed by atoms with E-state index in [0.717, 1.165) is 48.6 Å². The van der Waals surface area contributed by atoms with Crippen molar-refractivity contribution in [2.75, 3.05) is 12.9 Å². The number of methoxy groups -OCH3 is 1. The number of aromatic nitrogens is 3. The van der Waals surface area contributed by atoms with Crippen molar-refractivity contribution in [2.24, 2.45) is 33.5 Å². The van der Waals surface area contributed by atoms with Crippen LogP contribution in [0, 0.1) is 33.5 Å². The third-order valence-corrected chi connectivity index (χ3v) is 13.2. The van der Waals surface area contributed by atoms with Crippen molar-refractivity contribution in [1.29, 1.82) is 0 Å². The maximum absolute atomic E-state index is 14.5. The summed E-state index contributed by atoms with van der Waals surface area (Å²) in [5, 5.41) is 30.8. The van der Waals surface area contributed by atoms with Gasteiger partial charge in [-0.15, -0.1) is 0 Å². The molecule has 3 fully saturated rings. The lowest BCUT2D eigenvalue weighted by molar-refractivity contribution is -0.166. The van der Waals surface area contributed by atoms with Gasteiger partial charge in [-0.25, -0.2) is 4.98 Å². The van der Waals surface area contributed by atoms with Gasteiger partial charge in [0.05, 0.1) is 18.8 Å². The molecule has 2 bridgehead atoms. The zero-order valence-corrected chi connectivity index (χ0v) is 24.3. The van der Waals surface area contributed by atoms with Gasteiger partial charge >= 0.3 is 0 Å². The van der Waals surface area contributed by atoms with E-state index in [9.17, 15) is 15.0 Å². The number of hydrogen-bond acceptors (Lipinski definition) is 7. The van der Waals surface area contributed by atoms with Crippen LogP contribution in [-0.4, -0.2) is 55.7 Å². The van der Waals surface area contributed by atoms with Crippen LogP contribution in [0.2, 0.25) is 0 Å². The number of carbonyl (C=O) groups excluding carboxylic acids is 1. The molecule has 8 atom stereocenters. The highest BCUT2D eigenvalue weighted by Crippen LogP contribution is 2.78. The van der Waals surface area contributed by atoms with E-state index in [4.69, 9.17) is 4.74 Å². The molecule has 6 aliphatic carbocycles. The van der Waals surface area contributed by atoms with E-state index < -0.39 is 11.0 Å². The number of rotatable bonds is 6. The van der Waals surface area contributed by atoms with E-state index in [1.54, 1.807) is 7.11 Å². The lowest BCUT2D eigenvalue weighted by Gasteiger charge is -2.71. The maximum Gasteiger partial charge on any atom is 0.189 e. The van der Waals surface area contributed by atoms with Crippen LogP contribution in [0.3, 0.4) is 0 Å². The molecule has 3 saturated carbocycles. The third kappa shape index (κ3) is 3.30. The van der Waals surface area contributed by atoms with Crippen LogP contribution in [0.25, 0.3) is 0 Å². The number of nitrogens with one attached hydrogen (secondary N) is 1. The van der Waals surface area contributed by atoms with Crippen molar-refractivity contribution in [3.63, 3.8) is 0 Å². The Hall–Kier alpha value is -2.42. The van der Waals surface area contributed by atoms with Gasteiger partial charge in [-0.2, -0.15) is 5.10 Å². The maximum atomic E-state index is 14.5. The van der Waals surface area contributed by atoms with Crippen LogP contribution in [0.5, 0.6) is 5.75 Å². The first-order valence-corrected chi connectivity index (χ1v) is 15.6. The normalized spacial score (nSPS) is 43.0. The van der Waals surface area contributed by atoms with E-state index in [1.807, 2.05) is 24.3 Å². The molecule has 212 valence electrons. The average molecular weight is 562 g/mol. The molecule has 1 aromatic carbocycles. The van der Waals surface area contributed by atoms with E-state index in [-0.39, 0.29) is 40.0 Å². The van der Waals surface area contributed by atoms with Gasteiger partial charge in [-0.3, -0.25) is 9.89 Å². The topological polar surface area (TPSA) is 108 Å². The Bertz CT molecular complexity index is 1390. The van der Waals surface area contributed by atoms with Gasteiger partial charge < -0.3 is 14.9 Å². The molecule has 6 aliphatic rings. The summed E-state index contributed by atoms with van der Waals surface area (Å²) in [5.41, 5.74) is -0.531. The van der Waals surface area contributed by atoms with Crippen LogP contribution in [-0.2, 0) is 0 Å². The van der Waals surface area contributed by atoms with Crippen LogP contribution in [0.15, 0.2) is 59.6 Å². The van der Waals surface area contributed by atoms with Crippen LogP contribution in [0.1, 0.15) is 69.2 Å². The zero-order valence-electron chi connectivity index (χ0n) is 23.5. The Morgan fingerprint density at radius 3 is 2.52 bits per heavy atom. The highest BCUT2D eigenvalue weighted by molar-refractivity contribution is 7.99. The van der Waals surface area contributed by atoms with Crippen molar-refractivity contribution in [3.05, 3.63) is 60.0 Å². The number of aromatic amines is 1. The highest BCUT2D eigenvalue weighted by atomic mass is 32.2. The number of ether oxygens (including phenoxy) is 1. The molecule has 1 heterocycles. The number of ketones is 1. The minimum absolute atomic E-state index is 0.0404. The Labute approximate surface area is 239 Å². The summed E-state index contributed by atoms with van der Waals surface area (Å²) in [6.07, 6.45) is 14.0. The fourth-order valence-corrected chi connectivity index (χ4v) is 11.0. The molecule has 8 rings (SSSR count). The van der Waals surface area contributed by atoms with Gasteiger partial charge in [-0.05, 0) is 86.5 Å². The van der Waals surface area contributed by atoms with Crippen molar-refractivity contribution in [2.45, 2.75) is 75.7 Å². The fraction of sp³-hybridized carbons (Fsp3) is 0.594. The molecular formula is C32H39N3O4S. The van der Waals surface area contributed by atoms with Gasteiger partial charge in [0.25, 0.3) is 0 Å². The monoisotopic (exact) mass is 561 g/mol. The number of fused-ring (bicyclic) bond motifs is 1. The lowest BCUT2D eigenvalue weighted by Crippen LogP contribution is -2.67. The number of carbonyl (C=O) groups is 1. The van der Waals surface area contributed by atoms with E-state index in [0.29, 0.717) is 24.2 Å². The summed E-state index contributed by atoms with van der Waals surface area (Å²) in [6, 6.07) is 7.44. The molecule has 0 saturated heterocycles. The van der Waals surface area contributed by atoms with Crippen LogP contribution >= 0.6 is 11.8 Å². The number of Topliss-reactive ketones (excluding diaryl/α,β-unsaturated/α-hetero) is 1. The van der Waals surface area contributed by atoms with Crippen LogP contribution in [0.4, 0.5) is 0 Å². The SMILES string of the molecule is COc1ccc(C(=O)C2=CC34C=CC25C(CCC2(C)C5CCC2(O)CSc2ncn[nH]2)C3(C)CCC(O)C4)cc1. The zero-order chi connectivity index (χ0) is 28.0. The molecule has 40 heavy (non-hydrogen) atoms. The molecule has 7 nitrogen and oxygen atoms in total. The number of hydrogen-bond donors (Lipinski definition) is 3. The highest BCUT2D eigenvalue weighted by Gasteiger charge is 2.74. The molecule has 2 spiro atoms. The quantitative estimate of drug-likeness (QED) is 0.247. The average Bonchev–Trinajstić information content (AvgIpc) is 3.57. The minimum Gasteiger partial charge on any atom is -0.497 e. The summed E-state index contributed by atoms with van der Waals surface area (Å²) < 4.78 is 5.36. The first-order chi connectivity index (χ1) is 19.1. The molecule has 0 aliphatic heterocycles. The Morgan fingerprint density at radius 1 is 1.07 bits per heavy atom. The number of allylic oxidation sites excluding steroid dienone is 4. The van der Waals surface area contributed by atoms with Crippen molar-refractivity contribution < 1.29 is 19.7 Å². The molecule has 0 radical (unpaired) electrons. The molecule has 8 heteroatoms. The van der Waals surface area contributed by atoms with Gasteiger partial charge in [0, 0.05) is 33.1 Å². The van der Waals surface area contributed by atoms with Crippen molar-refractivity contribution >= 4 is 17.5 Å². The Balaban J connectivity index is 1.35. The second-order valence-corrected chi connectivity index (χ2v) is 14.4. The number of thioether (sulfide) groups is 1. The Kier molecular flexibility index (Phi) is 5.82. The standard InChI is InChI=1S/C32H39N3O4S/c1-28-11-8-21(36)16-30(28)14-15-32(23(17-30)26(37)20-4-6-22(39-3)7-5-20)24(28)9-12-29(2)25(32)10-13-31(29,38)18-40-27-33-19-34-35-27/h4-7,14-15,17,19,21,24-25,36,38H,8-13,16,18H2,1-3H3,(H,33,34,35). The first kappa shape index (κ1) is 26.5. The largest absolute Gasteiger partial charge is 0.497 e. The first-order valence-electron chi connectivity index (χ1n) is 14.6. The summed E-state index contributed by atoms with van der Waals surface area (Å²) in [4.78, 5) is 18.8. The van der Waals surface area contributed by atoms with Crippen molar-refractivity contribution in [3.8, 4) is 5.75 Å². The molecular weight excluding hydrogens is 522 g/mol. The van der Waals surface area contributed by atoms with E-state index in [2.05, 4.69) is 47.3 Å². The number of aliphatic hydroxyl groups is 2. The molecule has 8 unspecified atom stereocenters. The summed E-state index contributed by atoms with van der Waals surface area (Å²) in [7, 11) is 1.63. The Morgan fingerprint density at radius 2 is 1.80 bits per heavy atom. The summed E-state index contributed by atoms with van der Waals surface area (Å²) in [5.74, 6) is 1.74. The number of aliphatic hydroxyl groups excluding tert-OH is 1. The van der Waals surface area contributed by atoms with Gasteiger partial charge in [0.1, 0.15) is 12.1 Å². The van der Waals surface area contributed by atoms with Gasteiger partial charge in [-0.1, -0.05) is 43.8 Å². The second kappa shape index (κ2) is 8.79. The predicted octanol–water partition coefficient (Wildman–Crippen LogP) is 5.38. The van der Waals surface area contributed by atoms with Gasteiger partial charge in [0.2, 0.25) is 0 Å². The summed E-state index contributed by atoms with van der Waals surface area (Å²) >= 11 is 1.53. The number of H-pyrrole nitrogens is 1. The van der Waals surface area contributed by atoms with E-state index >= 15 is 0 Å². The second-order valence-electron chi connectivity index (χ2n) is 13.4. The smallest absolute Gasteiger partial charge is 0.189 e. The summed E-state index contributed by atoms with van der Waals surface area (Å²) in [6.45, 7) is 4.68. The molecule has 3 N–H and O–H groups in total. The third-order valence-electron chi connectivity index (χ3n) is 12.1. The molecule has 2 aromatic rings. The van der Waals surface area contributed by atoms with Crippen molar-refractivity contribution in [1.82, 2.24) is 15.2 Å². The molecule has 0 amide bonds. The fourth-order valence-electron chi connectivity index (χ4n) is 9.92.